The molecule has 90 valence electrons. The Morgan fingerprint density at radius 2 is 1.88 bits per heavy atom. The van der Waals surface area contributed by atoms with E-state index >= 15 is 0 Å². The summed E-state index contributed by atoms with van der Waals surface area (Å²) in [5.41, 5.74) is 1.31. The van der Waals surface area contributed by atoms with Gasteiger partial charge in [0.25, 0.3) is 0 Å². The quantitative estimate of drug-likeness (QED) is 0.894. The van der Waals surface area contributed by atoms with Crippen LogP contribution in [-0.4, -0.2) is 31.6 Å². The van der Waals surface area contributed by atoms with Crippen LogP contribution in [0.5, 0.6) is 0 Å². The standard InChI is InChI=1S/C13H21BrN2/c1-10(9-16(3)4)15-11(2)12-7-5-6-8-13(12)14/h5-8,10-11,15H,9H2,1-4H3. The monoisotopic (exact) mass is 284 g/mol. The molecule has 0 radical (unpaired) electrons. The smallest absolute Gasteiger partial charge is 0.0305 e. The van der Waals surface area contributed by atoms with E-state index in [-0.39, 0.29) is 0 Å². The van der Waals surface area contributed by atoms with Crippen LogP contribution in [0.1, 0.15) is 25.5 Å². The zero-order chi connectivity index (χ0) is 12.1. The highest BCUT2D eigenvalue weighted by Crippen LogP contribution is 2.22. The maximum Gasteiger partial charge on any atom is 0.0305 e. The van der Waals surface area contributed by atoms with E-state index in [9.17, 15) is 0 Å². The Morgan fingerprint density at radius 1 is 1.25 bits per heavy atom. The minimum atomic E-state index is 0.366. The minimum Gasteiger partial charge on any atom is -0.308 e. The zero-order valence-corrected chi connectivity index (χ0v) is 12.1. The summed E-state index contributed by atoms with van der Waals surface area (Å²) in [6.45, 7) is 5.47. The molecule has 2 nitrogen and oxygen atoms in total. The molecule has 0 amide bonds. The van der Waals surface area contributed by atoms with E-state index in [4.69, 9.17) is 0 Å². The lowest BCUT2D eigenvalue weighted by molar-refractivity contribution is 0.334. The highest BCUT2D eigenvalue weighted by Gasteiger charge is 2.11. The summed E-state index contributed by atoms with van der Waals surface area (Å²) in [5.74, 6) is 0. The highest BCUT2D eigenvalue weighted by atomic mass is 79.9. The van der Waals surface area contributed by atoms with Crippen LogP contribution in [-0.2, 0) is 0 Å². The molecule has 1 aromatic rings. The van der Waals surface area contributed by atoms with E-state index in [1.165, 1.54) is 10.0 Å². The molecule has 3 heteroatoms. The first-order valence-electron chi connectivity index (χ1n) is 5.66. The van der Waals surface area contributed by atoms with Gasteiger partial charge in [-0.3, -0.25) is 0 Å². The molecule has 2 atom stereocenters. The summed E-state index contributed by atoms with van der Waals surface area (Å²) in [5, 5.41) is 3.60. The molecule has 0 aromatic heterocycles. The maximum atomic E-state index is 3.60. The van der Waals surface area contributed by atoms with Gasteiger partial charge in [-0.25, -0.2) is 0 Å². The second-order valence-corrected chi connectivity index (χ2v) is 5.43. The molecular formula is C13H21BrN2. The van der Waals surface area contributed by atoms with Gasteiger partial charge in [-0.15, -0.1) is 0 Å². The molecule has 1 aromatic carbocycles. The minimum absolute atomic E-state index is 0.366. The van der Waals surface area contributed by atoms with Gasteiger partial charge in [0.15, 0.2) is 0 Å². The summed E-state index contributed by atoms with van der Waals surface area (Å²) in [6, 6.07) is 9.22. The molecule has 0 aliphatic carbocycles. The second kappa shape index (κ2) is 6.38. The molecule has 0 bridgehead atoms. The van der Waals surface area contributed by atoms with E-state index in [1.54, 1.807) is 0 Å². The lowest BCUT2D eigenvalue weighted by Crippen LogP contribution is -2.37. The number of nitrogens with one attached hydrogen (secondary N) is 1. The molecular weight excluding hydrogens is 264 g/mol. The molecule has 0 saturated carbocycles. The maximum absolute atomic E-state index is 3.60. The van der Waals surface area contributed by atoms with Gasteiger partial charge in [-0.05, 0) is 39.6 Å². The number of hydrogen-bond donors (Lipinski definition) is 1. The van der Waals surface area contributed by atoms with Crippen LogP contribution in [0.15, 0.2) is 28.7 Å². The highest BCUT2D eigenvalue weighted by molar-refractivity contribution is 9.10. The third-order valence-electron chi connectivity index (χ3n) is 2.55. The number of nitrogens with zero attached hydrogens (tertiary/aromatic N) is 1. The van der Waals surface area contributed by atoms with E-state index in [0.717, 1.165) is 6.54 Å². The first-order chi connectivity index (χ1) is 7.50. The normalized spacial score (nSPS) is 15.1. The number of benzene rings is 1. The second-order valence-electron chi connectivity index (χ2n) is 4.57. The summed E-state index contributed by atoms with van der Waals surface area (Å²) in [4.78, 5) is 2.20. The number of hydrogen-bond acceptors (Lipinski definition) is 2. The van der Waals surface area contributed by atoms with E-state index in [2.05, 4.69) is 72.3 Å². The van der Waals surface area contributed by atoms with Crippen LogP contribution in [0.3, 0.4) is 0 Å². The van der Waals surface area contributed by atoms with Gasteiger partial charge < -0.3 is 10.2 Å². The Morgan fingerprint density at radius 3 is 2.44 bits per heavy atom. The summed E-state index contributed by atoms with van der Waals surface area (Å²) in [7, 11) is 4.20. The van der Waals surface area contributed by atoms with Gasteiger partial charge in [0.05, 0.1) is 0 Å². The van der Waals surface area contributed by atoms with Crippen molar-refractivity contribution in [3.05, 3.63) is 34.3 Å². The lowest BCUT2D eigenvalue weighted by atomic mass is 10.1. The Kier molecular flexibility index (Phi) is 5.46. The van der Waals surface area contributed by atoms with E-state index in [0.29, 0.717) is 12.1 Å². The Bertz CT molecular complexity index is 325. The van der Waals surface area contributed by atoms with Crippen molar-refractivity contribution >= 4 is 15.9 Å². The largest absolute Gasteiger partial charge is 0.308 e. The van der Waals surface area contributed by atoms with Crippen molar-refractivity contribution < 1.29 is 0 Å². The third-order valence-corrected chi connectivity index (χ3v) is 3.27. The fraction of sp³-hybridized carbons (Fsp3) is 0.538. The summed E-state index contributed by atoms with van der Waals surface area (Å²) in [6.07, 6.45) is 0. The van der Waals surface area contributed by atoms with Gasteiger partial charge in [-0.1, -0.05) is 34.1 Å². The number of halogens is 1. The molecule has 1 N–H and O–H groups in total. The van der Waals surface area contributed by atoms with Crippen LogP contribution < -0.4 is 5.32 Å². The predicted octanol–water partition coefficient (Wildman–Crippen LogP) is 3.05. The molecule has 2 unspecified atom stereocenters. The third kappa shape index (κ3) is 4.24. The molecule has 1 rings (SSSR count). The molecule has 0 spiro atoms. The molecule has 0 fully saturated rings. The number of likely N-dealkylation sites (N-methyl/N-ethyl adjacent to an activating group) is 1. The van der Waals surface area contributed by atoms with Crippen LogP contribution in [0.2, 0.25) is 0 Å². The van der Waals surface area contributed by atoms with Crippen molar-refractivity contribution in [1.82, 2.24) is 10.2 Å². The van der Waals surface area contributed by atoms with Crippen molar-refractivity contribution in [2.75, 3.05) is 20.6 Å². The first-order valence-corrected chi connectivity index (χ1v) is 6.45. The van der Waals surface area contributed by atoms with Crippen LogP contribution >= 0.6 is 15.9 Å². The fourth-order valence-electron chi connectivity index (χ4n) is 1.94. The van der Waals surface area contributed by atoms with Gasteiger partial charge in [0.2, 0.25) is 0 Å². The average Bonchev–Trinajstić information content (AvgIpc) is 2.16. The first kappa shape index (κ1) is 13.7. The molecule has 0 heterocycles. The van der Waals surface area contributed by atoms with Crippen LogP contribution in [0.25, 0.3) is 0 Å². The molecule has 0 saturated heterocycles. The van der Waals surface area contributed by atoms with Crippen molar-refractivity contribution in [3.8, 4) is 0 Å². The molecule has 16 heavy (non-hydrogen) atoms. The van der Waals surface area contributed by atoms with Crippen molar-refractivity contribution in [1.29, 1.82) is 0 Å². The zero-order valence-electron chi connectivity index (χ0n) is 10.5. The number of rotatable bonds is 5. The Hall–Kier alpha value is -0.380. The predicted molar refractivity (Wildman–Crippen MR) is 73.7 cm³/mol. The molecule has 0 aliphatic heterocycles. The van der Waals surface area contributed by atoms with Gasteiger partial charge in [0, 0.05) is 23.1 Å². The molecule has 0 aliphatic rings. The van der Waals surface area contributed by atoms with Gasteiger partial charge in [-0.2, -0.15) is 0 Å². The Labute approximate surface area is 107 Å². The van der Waals surface area contributed by atoms with Crippen molar-refractivity contribution in [2.45, 2.75) is 25.9 Å². The van der Waals surface area contributed by atoms with E-state index < -0.39 is 0 Å². The van der Waals surface area contributed by atoms with Crippen LogP contribution in [0, 0.1) is 0 Å². The average molecular weight is 285 g/mol. The fourth-order valence-corrected chi connectivity index (χ4v) is 2.57. The van der Waals surface area contributed by atoms with E-state index in [1.807, 2.05) is 6.07 Å². The lowest BCUT2D eigenvalue weighted by Gasteiger charge is -2.23. The van der Waals surface area contributed by atoms with Crippen LogP contribution in [0.4, 0.5) is 0 Å². The van der Waals surface area contributed by atoms with Gasteiger partial charge in [0.1, 0.15) is 0 Å². The SMILES string of the molecule is CC(CN(C)C)NC(C)c1ccccc1Br. The van der Waals surface area contributed by atoms with Gasteiger partial charge >= 0.3 is 0 Å². The van der Waals surface area contributed by atoms with Crippen molar-refractivity contribution in [3.63, 3.8) is 0 Å². The van der Waals surface area contributed by atoms with Crippen molar-refractivity contribution in [2.24, 2.45) is 0 Å². The summed E-state index contributed by atoms with van der Waals surface area (Å²) >= 11 is 3.59. The Balaban J connectivity index is 2.58. The summed E-state index contributed by atoms with van der Waals surface area (Å²) < 4.78 is 1.17. The topological polar surface area (TPSA) is 15.3 Å².